The average Bonchev–Trinajstić information content (AvgIpc) is 3.14. The van der Waals surface area contributed by atoms with Crippen molar-refractivity contribution in [2.75, 3.05) is 13.7 Å². The number of rotatable bonds is 8. The number of esters is 1. The Bertz CT molecular complexity index is 708. The van der Waals surface area contributed by atoms with E-state index in [9.17, 15) is 9.59 Å². The Balaban J connectivity index is 1.71. The molecule has 0 aliphatic carbocycles. The lowest BCUT2D eigenvalue weighted by Crippen LogP contribution is -2.36. The van der Waals surface area contributed by atoms with Crippen LogP contribution in [0.25, 0.3) is 6.08 Å². The van der Waals surface area contributed by atoms with Gasteiger partial charge in [-0.25, -0.2) is 4.79 Å². The van der Waals surface area contributed by atoms with Gasteiger partial charge in [-0.1, -0.05) is 18.2 Å². The molecule has 0 saturated carbocycles. The summed E-state index contributed by atoms with van der Waals surface area (Å²) in [7, 11) is 1.62. The van der Waals surface area contributed by atoms with Crippen LogP contribution in [0.3, 0.4) is 0 Å². The Hall–Kier alpha value is -2.60. The molecule has 0 saturated heterocycles. The molecule has 2 rings (SSSR count). The van der Waals surface area contributed by atoms with Crippen LogP contribution >= 0.6 is 11.3 Å². The van der Waals surface area contributed by atoms with E-state index in [1.165, 1.54) is 17.4 Å². The summed E-state index contributed by atoms with van der Waals surface area (Å²) < 4.78 is 10.2. The first-order valence-electron chi connectivity index (χ1n) is 7.91. The Morgan fingerprint density at radius 2 is 2.00 bits per heavy atom. The topological polar surface area (TPSA) is 64.6 Å². The molecule has 1 N–H and O–H groups in total. The highest BCUT2D eigenvalue weighted by Crippen LogP contribution is 2.12. The Kier molecular flexibility index (Phi) is 7.22. The smallest absolute Gasteiger partial charge is 0.331 e. The maximum atomic E-state index is 12.0. The van der Waals surface area contributed by atoms with Crippen molar-refractivity contribution in [2.45, 2.75) is 19.4 Å². The normalized spacial score (nSPS) is 11.9. The number of hydrogen-bond acceptors (Lipinski definition) is 5. The number of carbonyl (C=O) groups excluding carboxylic acids is 2. The van der Waals surface area contributed by atoms with Crippen LogP contribution in [0.5, 0.6) is 5.75 Å². The fraction of sp³-hybridized carbons (Fsp3) is 0.263. The van der Waals surface area contributed by atoms with E-state index >= 15 is 0 Å². The molecule has 1 aromatic heterocycles. The summed E-state index contributed by atoms with van der Waals surface area (Å²) in [6.07, 6.45) is 2.85. The highest BCUT2D eigenvalue weighted by molar-refractivity contribution is 7.10. The number of thiophene rings is 1. The number of amides is 1. The first kappa shape index (κ1) is 18.7. The van der Waals surface area contributed by atoms with Crippen LogP contribution in [-0.2, 0) is 20.7 Å². The molecule has 0 radical (unpaired) electrons. The molecule has 132 valence electrons. The summed E-state index contributed by atoms with van der Waals surface area (Å²) in [5.41, 5.74) is 1.09. The van der Waals surface area contributed by atoms with Crippen molar-refractivity contribution in [1.82, 2.24) is 5.32 Å². The molecular formula is C19H21NO4S. The van der Waals surface area contributed by atoms with Crippen LogP contribution in [0, 0.1) is 0 Å². The second-order valence-corrected chi connectivity index (χ2v) is 6.30. The van der Waals surface area contributed by atoms with Gasteiger partial charge in [0.05, 0.1) is 7.11 Å². The predicted octanol–water partition coefficient (Wildman–Crippen LogP) is 3.06. The van der Waals surface area contributed by atoms with Crippen LogP contribution in [0.4, 0.5) is 0 Å². The van der Waals surface area contributed by atoms with E-state index in [0.717, 1.165) is 16.2 Å². The third-order valence-corrected chi connectivity index (χ3v) is 4.30. The maximum absolute atomic E-state index is 12.0. The zero-order chi connectivity index (χ0) is 18.1. The van der Waals surface area contributed by atoms with Crippen LogP contribution in [0.2, 0.25) is 0 Å². The van der Waals surface area contributed by atoms with E-state index in [4.69, 9.17) is 9.47 Å². The number of hydrogen-bond donors (Lipinski definition) is 1. The molecule has 25 heavy (non-hydrogen) atoms. The van der Waals surface area contributed by atoms with E-state index < -0.39 is 12.1 Å². The summed E-state index contributed by atoms with van der Waals surface area (Å²) in [6, 6.07) is 11.4. The van der Waals surface area contributed by atoms with E-state index in [-0.39, 0.29) is 5.91 Å². The molecule has 0 bridgehead atoms. The lowest BCUT2D eigenvalue weighted by molar-refractivity contribution is -0.150. The van der Waals surface area contributed by atoms with Crippen molar-refractivity contribution in [3.8, 4) is 5.75 Å². The van der Waals surface area contributed by atoms with Gasteiger partial charge in [0.2, 0.25) is 0 Å². The Labute approximate surface area is 151 Å². The van der Waals surface area contributed by atoms with Crippen molar-refractivity contribution >= 4 is 29.3 Å². The zero-order valence-corrected chi connectivity index (χ0v) is 15.0. The molecule has 6 heteroatoms. The minimum absolute atomic E-state index is 0.314. The van der Waals surface area contributed by atoms with Crippen molar-refractivity contribution in [1.29, 1.82) is 0 Å². The predicted molar refractivity (Wildman–Crippen MR) is 98.6 cm³/mol. The largest absolute Gasteiger partial charge is 0.497 e. The van der Waals surface area contributed by atoms with Crippen LogP contribution in [-0.4, -0.2) is 31.6 Å². The minimum atomic E-state index is -0.837. The number of benzene rings is 1. The molecule has 1 heterocycles. The van der Waals surface area contributed by atoms with Gasteiger partial charge < -0.3 is 14.8 Å². The number of methoxy groups -OCH3 is 1. The number of nitrogens with one attached hydrogen (secondary N) is 1. The minimum Gasteiger partial charge on any atom is -0.497 e. The highest BCUT2D eigenvalue weighted by Gasteiger charge is 2.15. The first-order valence-corrected chi connectivity index (χ1v) is 8.79. The van der Waals surface area contributed by atoms with Gasteiger partial charge in [0.25, 0.3) is 5.91 Å². The first-order chi connectivity index (χ1) is 12.1. The molecular weight excluding hydrogens is 338 g/mol. The van der Waals surface area contributed by atoms with Crippen LogP contribution in [0.1, 0.15) is 17.4 Å². The monoisotopic (exact) mass is 359 g/mol. The van der Waals surface area contributed by atoms with E-state index in [1.807, 2.05) is 41.8 Å². The van der Waals surface area contributed by atoms with E-state index in [1.54, 1.807) is 20.1 Å². The van der Waals surface area contributed by atoms with Crippen LogP contribution in [0.15, 0.2) is 47.9 Å². The Morgan fingerprint density at radius 3 is 2.64 bits per heavy atom. The van der Waals surface area contributed by atoms with Crippen molar-refractivity contribution < 1.29 is 19.1 Å². The highest BCUT2D eigenvalue weighted by atomic mass is 32.1. The molecule has 2 aromatic rings. The van der Waals surface area contributed by atoms with Crippen molar-refractivity contribution in [3.05, 3.63) is 58.3 Å². The molecule has 0 spiro atoms. The van der Waals surface area contributed by atoms with Gasteiger partial charge in [-0.15, -0.1) is 11.3 Å². The molecule has 1 atom stereocenters. The van der Waals surface area contributed by atoms with Gasteiger partial charge >= 0.3 is 5.97 Å². The van der Waals surface area contributed by atoms with Gasteiger partial charge in [-0.3, -0.25) is 4.79 Å². The molecule has 0 fully saturated rings. The third kappa shape index (κ3) is 6.43. The summed E-state index contributed by atoms with van der Waals surface area (Å²) in [6.45, 7) is 2.03. The molecule has 0 aliphatic rings. The number of ether oxygens (including phenoxy) is 2. The SMILES string of the molecule is COc1ccc(CCNC(=O)[C@@H](C)OC(=O)/C=C/c2cccs2)cc1. The Morgan fingerprint density at radius 1 is 1.24 bits per heavy atom. The third-order valence-electron chi connectivity index (χ3n) is 3.46. The van der Waals surface area contributed by atoms with Gasteiger partial charge in [0.15, 0.2) is 6.10 Å². The van der Waals surface area contributed by atoms with E-state index in [0.29, 0.717) is 13.0 Å². The molecule has 1 aromatic carbocycles. The summed E-state index contributed by atoms with van der Waals surface area (Å²) in [5, 5.41) is 4.69. The summed E-state index contributed by atoms with van der Waals surface area (Å²) in [4.78, 5) is 24.6. The molecule has 0 aliphatic heterocycles. The molecule has 0 unspecified atom stereocenters. The quantitative estimate of drug-likeness (QED) is 0.581. The van der Waals surface area contributed by atoms with Crippen molar-refractivity contribution in [2.24, 2.45) is 0 Å². The molecule has 5 nitrogen and oxygen atoms in total. The van der Waals surface area contributed by atoms with Gasteiger partial charge in [-0.2, -0.15) is 0 Å². The average molecular weight is 359 g/mol. The summed E-state index contributed by atoms with van der Waals surface area (Å²) in [5.74, 6) is -0.0542. The second kappa shape index (κ2) is 9.64. The molecule has 1 amide bonds. The summed E-state index contributed by atoms with van der Waals surface area (Å²) >= 11 is 1.52. The lowest BCUT2D eigenvalue weighted by atomic mass is 10.1. The zero-order valence-electron chi connectivity index (χ0n) is 14.2. The fourth-order valence-corrected chi connectivity index (χ4v) is 2.69. The van der Waals surface area contributed by atoms with Crippen LogP contribution < -0.4 is 10.1 Å². The lowest BCUT2D eigenvalue weighted by Gasteiger charge is -2.12. The second-order valence-electron chi connectivity index (χ2n) is 5.32. The maximum Gasteiger partial charge on any atom is 0.331 e. The number of carbonyl (C=O) groups is 2. The van der Waals surface area contributed by atoms with Gasteiger partial charge in [-0.05, 0) is 48.6 Å². The van der Waals surface area contributed by atoms with Gasteiger partial charge in [0.1, 0.15) is 5.75 Å². The van der Waals surface area contributed by atoms with E-state index in [2.05, 4.69) is 5.32 Å². The fourth-order valence-electron chi connectivity index (χ4n) is 2.07. The standard InChI is InChI=1S/C19H21NO4S/c1-14(24-18(21)10-9-17-4-3-13-25-17)19(22)20-12-11-15-5-7-16(23-2)8-6-15/h3-10,13-14H,11-12H2,1-2H3,(H,20,22)/b10-9+/t14-/m1/s1. The van der Waals surface area contributed by atoms with Crippen molar-refractivity contribution in [3.63, 3.8) is 0 Å². The van der Waals surface area contributed by atoms with Gasteiger partial charge in [0, 0.05) is 17.5 Å².